The van der Waals surface area contributed by atoms with Crippen LogP contribution in [0.2, 0.25) is 0 Å². The maximum atomic E-state index is 4.34. The van der Waals surface area contributed by atoms with Gasteiger partial charge in [0.15, 0.2) is 0 Å². The van der Waals surface area contributed by atoms with Crippen LogP contribution in [0.1, 0.15) is 25.5 Å². The van der Waals surface area contributed by atoms with Gasteiger partial charge in [-0.3, -0.25) is 4.98 Å². The number of nitrogens with one attached hydrogen (secondary N) is 1. The molecule has 0 amide bonds. The third-order valence-electron chi connectivity index (χ3n) is 2.44. The van der Waals surface area contributed by atoms with Crippen LogP contribution in [0.15, 0.2) is 22.8 Å². The minimum Gasteiger partial charge on any atom is -0.317 e. The summed E-state index contributed by atoms with van der Waals surface area (Å²) in [5.74, 6) is 0. The zero-order valence-electron chi connectivity index (χ0n) is 8.76. The molecule has 0 bridgehead atoms. The quantitative estimate of drug-likeness (QED) is 0.877. The van der Waals surface area contributed by atoms with Gasteiger partial charge in [-0.2, -0.15) is 0 Å². The van der Waals surface area contributed by atoms with Crippen LogP contribution < -0.4 is 5.32 Å². The Morgan fingerprint density at radius 3 is 2.79 bits per heavy atom. The molecule has 0 aliphatic carbocycles. The average Bonchev–Trinajstić information content (AvgIpc) is 2.22. The molecule has 78 valence electrons. The largest absolute Gasteiger partial charge is 0.317 e. The van der Waals surface area contributed by atoms with Crippen LogP contribution in [0.25, 0.3) is 0 Å². The first-order chi connectivity index (χ1) is 6.76. The fraction of sp³-hybridized carbons (Fsp3) is 0.545. The van der Waals surface area contributed by atoms with E-state index in [1.165, 1.54) is 12.1 Å². The maximum Gasteiger partial charge on any atom is 0.0413 e. The van der Waals surface area contributed by atoms with Gasteiger partial charge in [0.1, 0.15) is 0 Å². The highest BCUT2D eigenvalue weighted by atomic mass is 79.9. The summed E-state index contributed by atoms with van der Waals surface area (Å²) >= 11 is 3.38. The molecule has 1 rings (SSSR count). The lowest BCUT2D eigenvalue weighted by atomic mass is 10.1. The van der Waals surface area contributed by atoms with Gasteiger partial charge in [-0.1, -0.05) is 6.92 Å². The molecule has 0 saturated heterocycles. The molecule has 1 N–H and O–H groups in total. The zero-order chi connectivity index (χ0) is 10.4. The highest BCUT2D eigenvalue weighted by Gasteiger charge is 2.03. The smallest absolute Gasteiger partial charge is 0.0413 e. The Balaban J connectivity index is 2.41. The number of aryl methyl sites for hydroxylation is 1. The second-order valence-corrected chi connectivity index (χ2v) is 4.32. The van der Waals surface area contributed by atoms with E-state index in [1.54, 1.807) is 0 Å². The van der Waals surface area contributed by atoms with Crippen LogP contribution in [-0.2, 0) is 6.42 Å². The Morgan fingerprint density at radius 2 is 2.29 bits per heavy atom. The van der Waals surface area contributed by atoms with Gasteiger partial charge in [-0.05, 0) is 54.4 Å². The van der Waals surface area contributed by atoms with E-state index >= 15 is 0 Å². The monoisotopic (exact) mass is 256 g/mol. The molecule has 3 heteroatoms. The Kier molecular flexibility index (Phi) is 5.12. The first-order valence-corrected chi connectivity index (χ1v) is 5.83. The molecule has 0 spiro atoms. The van der Waals surface area contributed by atoms with Crippen molar-refractivity contribution in [3.05, 3.63) is 28.5 Å². The lowest BCUT2D eigenvalue weighted by molar-refractivity contribution is 0.506. The van der Waals surface area contributed by atoms with E-state index in [0.717, 1.165) is 17.3 Å². The Hall–Kier alpha value is -0.410. The van der Waals surface area contributed by atoms with E-state index in [0.29, 0.717) is 6.04 Å². The van der Waals surface area contributed by atoms with E-state index in [9.17, 15) is 0 Å². The van der Waals surface area contributed by atoms with Crippen molar-refractivity contribution in [2.24, 2.45) is 0 Å². The van der Waals surface area contributed by atoms with E-state index in [-0.39, 0.29) is 0 Å². The fourth-order valence-corrected chi connectivity index (χ4v) is 1.66. The van der Waals surface area contributed by atoms with Crippen LogP contribution in [0.5, 0.6) is 0 Å². The summed E-state index contributed by atoms with van der Waals surface area (Å²) in [4.78, 5) is 4.34. The molecule has 1 aromatic heterocycles. The summed E-state index contributed by atoms with van der Waals surface area (Å²) in [6, 6.07) is 4.73. The van der Waals surface area contributed by atoms with Gasteiger partial charge >= 0.3 is 0 Å². The Labute approximate surface area is 94.3 Å². The van der Waals surface area contributed by atoms with Crippen molar-refractivity contribution in [1.29, 1.82) is 0 Å². The van der Waals surface area contributed by atoms with Gasteiger partial charge < -0.3 is 5.32 Å². The molecular formula is C11H17BrN2. The van der Waals surface area contributed by atoms with E-state index in [1.807, 2.05) is 19.3 Å². The average molecular weight is 257 g/mol. The van der Waals surface area contributed by atoms with Gasteiger partial charge in [-0.25, -0.2) is 0 Å². The fourth-order valence-electron chi connectivity index (χ4n) is 1.43. The molecule has 0 fully saturated rings. The molecule has 0 aliphatic rings. The molecule has 0 aromatic carbocycles. The van der Waals surface area contributed by atoms with E-state index in [2.05, 4.69) is 39.2 Å². The molecule has 1 aromatic rings. The number of halogens is 1. The second-order valence-electron chi connectivity index (χ2n) is 3.40. The lowest BCUT2D eigenvalue weighted by Gasteiger charge is -2.12. The SMILES string of the molecule is CCC(CCc1ccc(Br)cn1)NC. The minimum absolute atomic E-state index is 0.612. The van der Waals surface area contributed by atoms with Crippen molar-refractivity contribution in [3.8, 4) is 0 Å². The summed E-state index contributed by atoms with van der Waals surface area (Å²) in [6.07, 6.45) is 5.23. The number of hydrogen-bond donors (Lipinski definition) is 1. The summed E-state index contributed by atoms with van der Waals surface area (Å²) in [5.41, 5.74) is 1.17. The Morgan fingerprint density at radius 1 is 1.50 bits per heavy atom. The van der Waals surface area contributed by atoms with Gasteiger partial charge in [-0.15, -0.1) is 0 Å². The van der Waals surface area contributed by atoms with Crippen molar-refractivity contribution in [3.63, 3.8) is 0 Å². The lowest BCUT2D eigenvalue weighted by Crippen LogP contribution is -2.24. The predicted octanol–water partition coefficient (Wildman–Crippen LogP) is 2.77. The third-order valence-corrected chi connectivity index (χ3v) is 2.91. The molecule has 1 atom stereocenters. The van der Waals surface area contributed by atoms with Crippen LogP contribution in [-0.4, -0.2) is 18.1 Å². The number of aromatic nitrogens is 1. The second kappa shape index (κ2) is 6.14. The molecule has 1 unspecified atom stereocenters. The Bertz CT molecular complexity index is 254. The third kappa shape index (κ3) is 3.76. The molecule has 1 heterocycles. The van der Waals surface area contributed by atoms with E-state index in [4.69, 9.17) is 0 Å². The molecule has 2 nitrogen and oxygen atoms in total. The summed E-state index contributed by atoms with van der Waals surface area (Å²) in [6.45, 7) is 2.20. The normalized spacial score (nSPS) is 12.8. The topological polar surface area (TPSA) is 24.9 Å². The van der Waals surface area contributed by atoms with Crippen molar-refractivity contribution in [1.82, 2.24) is 10.3 Å². The van der Waals surface area contributed by atoms with Crippen molar-refractivity contribution < 1.29 is 0 Å². The van der Waals surface area contributed by atoms with Gasteiger partial charge in [0, 0.05) is 22.4 Å². The number of pyridine rings is 1. The summed E-state index contributed by atoms with van der Waals surface area (Å²) in [5, 5.41) is 3.30. The van der Waals surface area contributed by atoms with Crippen LogP contribution in [0.4, 0.5) is 0 Å². The first kappa shape index (κ1) is 11.7. The van der Waals surface area contributed by atoms with Crippen LogP contribution >= 0.6 is 15.9 Å². The highest BCUT2D eigenvalue weighted by molar-refractivity contribution is 9.10. The standard InChI is InChI=1S/C11H17BrN2/c1-3-10(13-2)6-7-11-5-4-9(12)8-14-11/h4-5,8,10,13H,3,6-7H2,1-2H3. The summed E-state index contributed by atoms with van der Waals surface area (Å²) in [7, 11) is 2.02. The van der Waals surface area contributed by atoms with Gasteiger partial charge in [0.05, 0.1) is 0 Å². The molecule has 0 saturated carbocycles. The molecule has 0 radical (unpaired) electrons. The number of hydrogen-bond acceptors (Lipinski definition) is 2. The first-order valence-electron chi connectivity index (χ1n) is 5.04. The van der Waals surface area contributed by atoms with E-state index < -0.39 is 0 Å². The number of nitrogens with zero attached hydrogens (tertiary/aromatic N) is 1. The summed E-state index contributed by atoms with van der Waals surface area (Å²) < 4.78 is 1.04. The zero-order valence-corrected chi connectivity index (χ0v) is 10.3. The maximum absolute atomic E-state index is 4.34. The van der Waals surface area contributed by atoms with Gasteiger partial charge in [0.2, 0.25) is 0 Å². The van der Waals surface area contributed by atoms with Crippen molar-refractivity contribution >= 4 is 15.9 Å². The van der Waals surface area contributed by atoms with Crippen molar-refractivity contribution in [2.75, 3.05) is 7.05 Å². The minimum atomic E-state index is 0.612. The molecular weight excluding hydrogens is 240 g/mol. The van der Waals surface area contributed by atoms with Crippen LogP contribution in [0, 0.1) is 0 Å². The van der Waals surface area contributed by atoms with Crippen LogP contribution in [0.3, 0.4) is 0 Å². The number of rotatable bonds is 5. The van der Waals surface area contributed by atoms with Gasteiger partial charge in [0.25, 0.3) is 0 Å². The molecule has 0 aliphatic heterocycles. The highest BCUT2D eigenvalue weighted by Crippen LogP contribution is 2.10. The molecule has 14 heavy (non-hydrogen) atoms. The van der Waals surface area contributed by atoms with Crippen molar-refractivity contribution in [2.45, 2.75) is 32.2 Å². The predicted molar refractivity (Wildman–Crippen MR) is 63.4 cm³/mol.